The molecular weight excluding hydrogens is 522 g/mol. The molecule has 216 valence electrons. The molecule has 9 nitrogen and oxygen atoms in total. The largest absolute Gasteiger partial charge is 0.444 e. The number of ether oxygens (including phenoxy) is 1. The molecule has 0 radical (unpaired) electrons. The summed E-state index contributed by atoms with van der Waals surface area (Å²) in [5.74, 6) is -1.59. The summed E-state index contributed by atoms with van der Waals surface area (Å²) in [6, 6.07) is 16.0. The molecule has 3 saturated heterocycles. The molecule has 41 heavy (non-hydrogen) atoms. The number of rotatable bonds is 4. The van der Waals surface area contributed by atoms with Gasteiger partial charge < -0.3 is 9.64 Å². The fraction of sp³-hybridized carbons (Fsp3) is 0.469. The van der Waals surface area contributed by atoms with Crippen LogP contribution >= 0.6 is 0 Å². The summed E-state index contributed by atoms with van der Waals surface area (Å²) in [6.45, 7) is 6.60. The van der Waals surface area contributed by atoms with Crippen LogP contribution in [0.25, 0.3) is 0 Å². The van der Waals surface area contributed by atoms with Crippen molar-refractivity contribution in [1.82, 2.24) is 15.5 Å². The molecule has 4 unspecified atom stereocenters. The molecule has 3 fully saturated rings. The van der Waals surface area contributed by atoms with Gasteiger partial charge in [0.15, 0.2) is 0 Å². The molecule has 5 rings (SSSR count). The van der Waals surface area contributed by atoms with Crippen LogP contribution in [0, 0.1) is 0 Å². The second kappa shape index (κ2) is 11.5. The third kappa shape index (κ3) is 6.50. The quantitative estimate of drug-likeness (QED) is 0.541. The van der Waals surface area contributed by atoms with Crippen LogP contribution in [-0.2, 0) is 23.9 Å². The van der Waals surface area contributed by atoms with Crippen molar-refractivity contribution in [3.63, 3.8) is 0 Å². The van der Waals surface area contributed by atoms with E-state index < -0.39 is 5.60 Å². The molecule has 2 aromatic carbocycles. The summed E-state index contributed by atoms with van der Waals surface area (Å²) < 4.78 is 5.68. The van der Waals surface area contributed by atoms with Gasteiger partial charge in [0.1, 0.15) is 5.60 Å². The molecule has 2 aromatic rings. The number of imide groups is 2. The van der Waals surface area contributed by atoms with Crippen molar-refractivity contribution >= 4 is 29.7 Å². The first-order valence-electron chi connectivity index (χ1n) is 14.3. The summed E-state index contributed by atoms with van der Waals surface area (Å²) in [5, 5.41) is 4.86. The van der Waals surface area contributed by atoms with Gasteiger partial charge in [-0.05, 0) is 68.2 Å². The lowest BCUT2D eigenvalue weighted by atomic mass is 9.76. The van der Waals surface area contributed by atoms with Crippen LogP contribution in [0.4, 0.5) is 4.79 Å². The lowest BCUT2D eigenvalue weighted by Crippen LogP contribution is -2.44. The van der Waals surface area contributed by atoms with Gasteiger partial charge in [-0.3, -0.25) is 29.8 Å². The average molecular weight is 560 g/mol. The number of likely N-dealkylation sites (tertiary alicyclic amines) is 1. The standard InChI is InChI=1S/C32H37N3O6/c1-32(2,3)41-31(40)35-17-16-23(19-4-6-20(7-5-19)24-12-14-27(36)33-29(24)38)26(18-35)22-10-8-21(9-11-22)25-13-15-28(37)34-30(25)39/h4-11,23-26H,12-18H2,1-3H3,(H,33,36,38)(H,34,37,39). The molecular formula is C32H37N3O6. The molecule has 3 aliphatic heterocycles. The molecule has 4 atom stereocenters. The van der Waals surface area contributed by atoms with Crippen LogP contribution in [0.2, 0.25) is 0 Å². The smallest absolute Gasteiger partial charge is 0.410 e. The normalized spacial score (nSPS) is 25.4. The Balaban J connectivity index is 1.39. The molecule has 0 saturated carbocycles. The van der Waals surface area contributed by atoms with Gasteiger partial charge in [-0.25, -0.2) is 4.79 Å². The molecule has 3 heterocycles. The number of benzene rings is 2. The van der Waals surface area contributed by atoms with Crippen LogP contribution in [-0.4, -0.2) is 53.3 Å². The van der Waals surface area contributed by atoms with E-state index in [2.05, 4.69) is 22.8 Å². The Hall–Kier alpha value is -4.01. The number of piperidine rings is 3. The highest BCUT2D eigenvalue weighted by Crippen LogP contribution is 2.41. The monoisotopic (exact) mass is 559 g/mol. The van der Waals surface area contributed by atoms with E-state index in [9.17, 15) is 24.0 Å². The van der Waals surface area contributed by atoms with Crippen molar-refractivity contribution in [2.75, 3.05) is 13.1 Å². The Morgan fingerprint density at radius 3 is 1.59 bits per heavy atom. The first kappa shape index (κ1) is 28.5. The maximum Gasteiger partial charge on any atom is 0.410 e. The number of hydrogen-bond donors (Lipinski definition) is 2. The van der Waals surface area contributed by atoms with Crippen LogP contribution in [0.5, 0.6) is 0 Å². The molecule has 0 bridgehead atoms. The summed E-state index contributed by atoms with van der Waals surface area (Å²) in [5.41, 5.74) is 3.32. The first-order valence-corrected chi connectivity index (χ1v) is 14.3. The van der Waals surface area contributed by atoms with Gasteiger partial charge in [0, 0.05) is 31.8 Å². The maximum absolute atomic E-state index is 13.0. The molecule has 0 aliphatic carbocycles. The second-order valence-corrected chi connectivity index (χ2v) is 12.3. The van der Waals surface area contributed by atoms with Crippen molar-refractivity contribution in [3.8, 4) is 0 Å². The van der Waals surface area contributed by atoms with Crippen LogP contribution in [0.1, 0.15) is 98.8 Å². The van der Waals surface area contributed by atoms with E-state index in [1.807, 2.05) is 57.2 Å². The lowest BCUT2D eigenvalue weighted by Gasteiger charge is -2.40. The Morgan fingerprint density at radius 2 is 1.15 bits per heavy atom. The van der Waals surface area contributed by atoms with Gasteiger partial charge in [-0.15, -0.1) is 0 Å². The van der Waals surface area contributed by atoms with E-state index >= 15 is 0 Å². The van der Waals surface area contributed by atoms with Crippen molar-refractivity contribution in [1.29, 1.82) is 0 Å². The first-order chi connectivity index (χ1) is 19.5. The van der Waals surface area contributed by atoms with E-state index in [0.717, 1.165) is 28.7 Å². The molecule has 3 aliphatic rings. The van der Waals surface area contributed by atoms with Gasteiger partial charge in [-0.1, -0.05) is 48.5 Å². The van der Waals surface area contributed by atoms with E-state index in [1.165, 1.54) is 0 Å². The Labute approximate surface area is 240 Å². The zero-order valence-electron chi connectivity index (χ0n) is 23.8. The zero-order chi connectivity index (χ0) is 29.3. The predicted molar refractivity (Wildman–Crippen MR) is 151 cm³/mol. The fourth-order valence-electron chi connectivity index (χ4n) is 6.16. The van der Waals surface area contributed by atoms with Gasteiger partial charge in [0.25, 0.3) is 0 Å². The van der Waals surface area contributed by atoms with Crippen LogP contribution in [0.3, 0.4) is 0 Å². The topological polar surface area (TPSA) is 122 Å². The Bertz CT molecular complexity index is 1340. The van der Waals surface area contributed by atoms with Crippen molar-refractivity contribution in [2.45, 2.75) is 82.1 Å². The van der Waals surface area contributed by atoms with Gasteiger partial charge >= 0.3 is 6.09 Å². The average Bonchev–Trinajstić information content (AvgIpc) is 2.92. The summed E-state index contributed by atoms with van der Waals surface area (Å²) >= 11 is 0. The van der Waals surface area contributed by atoms with Crippen LogP contribution in [0.15, 0.2) is 48.5 Å². The fourth-order valence-corrected chi connectivity index (χ4v) is 6.16. The summed E-state index contributed by atoms with van der Waals surface area (Å²) in [6.07, 6.45) is 2.04. The van der Waals surface area contributed by atoms with Gasteiger partial charge in [0.05, 0.1) is 11.8 Å². The highest BCUT2D eigenvalue weighted by atomic mass is 16.6. The number of hydrogen-bond acceptors (Lipinski definition) is 6. The van der Waals surface area contributed by atoms with Crippen molar-refractivity contribution in [3.05, 3.63) is 70.8 Å². The van der Waals surface area contributed by atoms with E-state index in [0.29, 0.717) is 38.8 Å². The van der Waals surface area contributed by atoms with Gasteiger partial charge in [-0.2, -0.15) is 0 Å². The minimum atomic E-state index is -0.598. The SMILES string of the molecule is CC(C)(C)OC(=O)N1CCC(c2ccc(C3CCC(=O)NC3=O)cc2)C(c2ccc(C3CCC(=O)NC3=O)cc2)C1. The van der Waals surface area contributed by atoms with Crippen molar-refractivity contribution < 1.29 is 28.7 Å². The highest BCUT2D eigenvalue weighted by Gasteiger charge is 2.36. The maximum atomic E-state index is 13.0. The summed E-state index contributed by atoms with van der Waals surface area (Å²) in [4.78, 5) is 62.7. The number of nitrogens with zero attached hydrogens (tertiary/aromatic N) is 1. The second-order valence-electron chi connectivity index (χ2n) is 12.3. The number of nitrogens with one attached hydrogen (secondary N) is 2. The van der Waals surface area contributed by atoms with Crippen molar-refractivity contribution in [2.24, 2.45) is 0 Å². The zero-order valence-corrected chi connectivity index (χ0v) is 23.8. The summed E-state index contributed by atoms with van der Waals surface area (Å²) in [7, 11) is 0. The lowest BCUT2D eigenvalue weighted by molar-refractivity contribution is -0.135. The van der Waals surface area contributed by atoms with Gasteiger partial charge in [0.2, 0.25) is 23.6 Å². The van der Waals surface area contributed by atoms with E-state index in [-0.39, 0.29) is 53.4 Å². The third-order valence-corrected chi connectivity index (χ3v) is 8.28. The van der Waals surface area contributed by atoms with E-state index in [1.54, 1.807) is 4.90 Å². The molecule has 0 spiro atoms. The number of carbonyl (C=O) groups excluding carboxylic acids is 5. The van der Waals surface area contributed by atoms with E-state index in [4.69, 9.17) is 4.74 Å². The minimum Gasteiger partial charge on any atom is -0.444 e. The molecule has 2 N–H and O–H groups in total. The Kier molecular flexibility index (Phi) is 7.98. The molecule has 9 heteroatoms. The number of carbonyl (C=O) groups is 5. The van der Waals surface area contributed by atoms with Crippen LogP contribution < -0.4 is 10.6 Å². The predicted octanol–water partition coefficient (Wildman–Crippen LogP) is 4.24. The molecule has 0 aromatic heterocycles. The number of amides is 5. The third-order valence-electron chi connectivity index (χ3n) is 8.28. The minimum absolute atomic E-state index is 0.0199. The highest BCUT2D eigenvalue weighted by molar-refractivity contribution is 6.01. The Morgan fingerprint density at radius 1 is 0.707 bits per heavy atom. The molecule has 5 amide bonds.